The minimum Gasteiger partial charge on any atom is -0.378 e. The smallest absolute Gasteiger partial charge is 0.274 e. The average Bonchev–Trinajstić information content (AvgIpc) is 2.67. The maximum atomic E-state index is 12.6. The van der Waals surface area contributed by atoms with Crippen LogP contribution >= 0.6 is 0 Å². The zero-order valence-corrected chi connectivity index (χ0v) is 15.7. The van der Waals surface area contributed by atoms with Gasteiger partial charge in [-0.25, -0.2) is 9.97 Å². The van der Waals surface area contributed by atoms with Crippen LogP contribution in [0.3, 0.4) is 0 Å². The predicted molar refractivity (Wildman–Crippen MR) is 109 cm³/mol. The quantitative estimate of drug-likeness (QED) is 0.700. The number of carbonyl (C=O) groups excluding carboxylic acids is 1. The fraction of sp³-hybridized carbons (Fsp3) is 0.190. The number of hydrogen-bond acceptors (Lipinski definition) is 5. The summed E-state index contributed by atoms with van der Waals surface area (Å²) < 4.78 is 0. The molecular weight excluding hydrogens is 338 g/mol. The Morgan fingerprint density at radius 3 is 2.37 bits per heavy atom. The summed E-state index contributed by atoms with van der Waals surface area (Å²) in [5, 5.41) is 6.05. The van der Waals surface area contributed by atoms with Crippen LogP contribution in [0.1, 0.15) is 21.7 Å². The zero-order chi connectivity index (χ0) is 19.2. The number of nitrogens with zero attached hydrogens (tertiary/aromatic N) is 3. The molecule has 27 heavy (non-hydrogen) atoms. The summed E-state index contributed by atoms with van der Waals surface area (Å²) in [4.78, 5) is 23.3. The van der Waals surface area contributed by atoms with Gasteiger partial charge in [-0.05, 0) is 42.8 Å². The van der Waals surface area contributed by atoms with Crippen molar-refractivity contribution in [3.8, 4) is 0 Å². The molecule has 138 valence electrons. The normalized spacial score (nSPS) is 10.3. The van der Waals surface area contributed by atoms with Crippen LogP contribution in [-0.2, 0) is 6.54 Å². The highest BCUT2D eigenvalue weighted by atomic mass is 16.1. The third-order valence-corrected chi connectivity index (χ3v) is 4.02. The van der Waals surface area contributed by atoms with Gasteiger partial charge in [0.1, 0.15) is 5.69 Å². The lowest BCUT2D eigenvalue weighted by Gasteiger charge is -2.13. The zero-order valence-electron chi connectivity index (χ0n) is 15.7. The van der Waals surface area contributed by atoms with Crippen LogP contribution in [-0.4, -0.2) is 30.0 Å². The second kappa shape index (κ2) is 8.31. The van der Waals surface area contributed by atoms with E-state index in [2.05, 4.69) is 20.6 Å². The Bertz CT molecular complexity index is 908. The van der Waals surface area contributed by atoms with Gasteiger partial charge < -0.3 is 15.5 Å². The second-order valence-electron chi connectivity index (χ2n) is 6.45. The van der Waals surface area contributed by atoms with Crippen molar-refractivity contribution in [3.05, 3.63) is 77.6 Å². The lowest BCUT2D eigenvalue weighted by Crippen LogP contribution is -2.16. The third-order valence-electron chi connectivity index (χ3n) is 4.02. The van der Waals surface area contributed by atoms with Crippen LogP contribution in [0.2, 0.25) is 0 Å². The minimum atomic E-state index is -0.263. The third kappa shape index (κ3) is 5.04. The van der Waals surface area contributed by atoms with Crippen molar-refractivity contribution in [2.24, 2.45) is 0 Å². The van der Waals surface area contributed by atoms with Gasteiger partial charge in [-0.2, -0.15) is 0 Å². The van der Waals surface area contributed by atoms with E-state index in [-0.39, 0.29) is 5.91 Å². The van der Waals surface area contributed by atoms with Crippen molar-refractivity contribution < 1.29 is 4.79 Å². The van der Waals surface area contributed by atoms with Crippen molar-refractivity contribution in [3.63, 3.8) is 0 Å². The molecule has 0 spiro atoms. The van der Waals surface area contributed by atoms with Gasteiger partial charge in [-0.15, -0.1) is 0 Å². The van der Waals surface area contributed by atoms with E-state index in [4.69, 9.17) is 0 Å². The van der Waals surface area contributed by atoms with Crippen LogP contribution in [0.15, 0.2) is 60.7 Å². The summed E-state index contributed by atoms with van der Waals surface area (Å²) in [6, 6.07) is 19.3. The van der Waals surface area contributed by atoms with Crippen molar-refractivity contribution in [1.29, 1.82) is 0 Å². The molecule has 0 radical (unpaired) electrons. The number of anilines is 3. The second-order valence-corrected chi connectivity index (χ2v) is 6.45. The molecule has 1 aromatic heterocycles. The molecule has 0 aliphatic carbocycles. The summed E-state index contributed by atoms with van der Waals surface area (Å²) in [6.45, 7) is 2.44. The number of benzene rings is 2. The molecule has 6 nitrogen and oxygen atoms in total. The molecule has 1 heterocycles. The molecule has 2 N–H and O–H groups in total. The minimum absolute atomic E-state index is 0.263. The van der Waals surface area contributed by atoms with Crippen molar-refractivity contribution in [2.75, 3.05) is 29.6 Å². The van der Waals surface area contributed by atoms with Crippen LogP contribution in [0.4, 0.5) is 17.3 Å². The summed E-state index contributed by atoms with van der Waals surface area (Å²) in [6.07, 6.45) is 0. The first kappa shape index (κ1) is 18.4. The number of amides is 1. The number of hydrogen-bond donors (Lipinski definition) is 2. The molecule has 0 atom stereocenters. The molecule has 0 fully saturated rings. The standard InChI is InChI=1S/C21H23N5O/c1-15-13-19(20(27)24-17-9-11-18(12-10-17)26(2)3)25-21(23-15)22-14-16-7-5-4-6-8-16/h4-13H,14H2,1-3H3,(H,24,27)(H,22,23,25). The van der Waals surface area contributed by atoms with E-state index in [1.807, 2.05) is 80.5 Å². The van der Waals surface area contributed by atoms with Gasteiger partial charge in [0.15, 0.2) is 0 Å². The predicted octanol–water partition coefficient (Wildman–Crippen LogP) is 3.72. The van der Waals surface area contributed by atoms with E-state index < -0.39 is 0 Å². The van der Waals surface area contributed by atoms with Gasteiger partial charge in [-0.3, -0.25) is 4.79 Å². The highest BCUT2D eigenvalue weighted by Gasteiger charge is 2.11. The highest BCUT2D eigenvalue weighted by Crippen LogP contribution is 2.16. The molecule has 3 rings (SSSR count). The average molecular weight is 361 g/mol. The molecule has 0 unspecified atom stereocenters. The molecule has 1 amide bonds. The van der Waals surface area contributed by atoms with E-state index in [9.17, 15) is 4.79 Å². The van der Waals surface area contributed by atoms with Crippen LogP contribution in [0.25, 0.3) is 0 Å². The van der Waals surface area contributed by atoms with Crippen LogP contribution in [0, 0.1) is 6.92 Å². The Kier molecular flexibility index (Phi) is 5.66. The van der Waals surface area contributed by atoms with Gasteiger partial charge in [0.25, 0.3) is 5.91 Å². The van der Waals surface area contributed by atoms with Gasteiger partial charge in [0, 0.05) is 37.7 Å². The Hall–Kier alpha value is -3.41. The fourth-order valence-electron chi connectivity index (χ4n) is 2.58. The Balaban J connectivity index is 1.69. The van der Waals surface area contributed by atoms with E-state index in [0.29, 0.717) is 18.2 Å². The van der Waals surface area contributed by atoms with E-state index >= 15 is 0 Å². The molecular formula is C21H23N5O. The SMILES string of the molecule is Cc1cc(C(=O)Nc2ccc(N(C)C)cc2)nc(NCc2ccccc2)n1. The molecule has 6 heteroatoms. The molecule has 0 saturated heterocycles. The molecule has 0 aliphatic heterocycles. The summed E-state index contributed by atoms with van der Waals surface area (Å²) >= 11 is 0. The number of carbonyl (C=O) groups is 1. The largest absolute Gasteiger partial charge is 0.378 e. The maximum absolute atomic E-state index is 12.6. The Morgan fingerprint density at radius 2 is 1.70 bits per heavy atom. The van der Waals surface area contributed by atoms with E-state index in [1.54, 1.807) is 6.07 Å². The summed E-state index contributed by atoms with van der Waals surface area (Å²) in [5.74, 6) is 0.174. The number of aryl methyl sites for hydroxylation is 1. The lowest BCUT2D eigenvalue weighted by atomic mass is 10.2. The van der Waals surface area contributed by atoms with Gasteiger partial charge in [0.2, 0.25) is 5.95 Å². The Morgan fingerprint density at radius 1 is 1.00 bits per heavy atom. The molecule has 2 aromatic carbocycles. The highest BCUT2D eigenvalue weighted by molar-refractivity contribution is 6.03. The lowest BCUT2D eigenvalue weighted by molar-refractivity contribution is 0.102. The van der Waals surface area contributed by atoms with Crippen LogP contribution in [0.5, 0.6) is 0 Å². The molecule has 3 aromatic rings. The van der Waals surface area contributed by atoms with E-state index in [0.717, 1.165) is 22.6 Å². The van der Waals surface area contributed by atoms with E-state index in [1.165, 1.54) is 0 Å². The van der Waals surface area contributed by atoms with Gasteiger partial charge >= 0.3 is 0 Å². The summed E-state index contributed by atoms with van der Waals surface area (Å²) in [5.41, 5.74) is 3.97. The first-order valence-corrected chi connectivity index (χ1v) is 8.73. The van der Waals surface area contributed by atoms with Gasteiger partial charge in [-0.1, -0.05) is 30.3 Å². The first-order valence-electron chi connectivity index (χ1n) is 8.73. The molecule has 0 bridgehead atoms. The maximum Gasteiger partial charge on any atom is 0.274 e. The first-order chi connectivity index (χ1) is 13.0. The molecule has 0 saturated carbocycles. The fourth-order valence-corrected chi connectivity index (χ4v) is 2.58. The molecule has 0 aliphatic rings. The van der Waals surface area contributed by atoms with Crippen molar-refractivity contribution in [1.82, 2.24) is 9.97 Å². The topological polar surface area (TPSA) is 70.2 Å². The van der Waals surface area contributed by atoms with Crippen molar-refractivity contribution in [2.45, 2.75) is 13.5 Å². The van der Waals surface area contributed by atoms with Crippen LogP contribution < -0.4 is 15.5 Å². The van der Waals surface area contributed by atoms with Gasteiger partial charge in [0.05, 0.1) is 0 Å². The number of nitrogens with one attached hydrogen (secondary N) is 2. The Labute approximate surface area is 159 Å². The summed E-state index contributed by atoms with van der Waals surface area (Å²) in [7, 11) is 3.95. The van der Waals surface area contributed by atoms with Crippen molar-refractivity contribution >= 4 is 23.2 Å². The monoisotopic (exact) mass is 361 g/mol. The number of aromatic nitrogens is 2. The number of rotatable bonds is 6.